The monoisotopic (exact) mass is 128 g/mol. The Bertz CT molecular complexity index is 77.0. The average molecular weight is 128 g/mol. The summed E-state index contributed by atoms with van der Waals surface area (Å²) in [6.45, 7) is 8.11. The van der Waals surface area contributed by atoms with Gasteiger partial charge in [-0.05, 0) is 25.6 Å². The number of hydrogen-bond acceptors (Lipinski definition) is 2. The zero-order valence-corrected chi connectivity index (χ0v) is 6.52. The maximum atomic E-state index is 4.01. The van der Waals surface area contributed by atoms with E-state index in [2.05, 4.69) is 24.2 Å². The highest BCUT2D eigenvalue weighted by molar-refractivity contribution is 5.52. The summed E-state index contributed by atoms with van der Waals surface area (Å²) >= 11 is 0. The molecule has 54 valence electrons. The fourth-order valence-corrected chi connectivity index (χ4v) is 0.509. The van der Waals surface area contributed by atoms with E-state index in [4.69, 9.17) is 0 Å². The maximum absolute atomic E-state index is 4.01. The van der Waals surface area contributed by atoms with Crippen LogP contribution in [-0.4, -0.2) is 19.4 Å². The number of nitrogens with zero attached hydrogens (tertiary/aromatic N) is 1. The molecule has 0 aliphatic rings. The molecule has 0 aromatic heterocycles. The van der Waals surface area contributed by atoms with E-state index in [1.807, 2.05) is 13.1 Å². The molecule has 2 nitrogen and oxygen atoms in total. The third kappa shape index (κ3) is 7.63. The van der Waals surface area contributed by atoms with E-state index >= 15 is 0 Å². The SMILES string of the molecule is CC=NCNCC(C)C. The second-order valence-electron chi connectivity index (χ2n) is 2.45. The molecule has 0 fully saturated rings. The summed E-state index contributed by atoms with van der Waals surface area (Å²) in [5.74, 6) is 0.719. The van der Waals surface area contributed by atoms with Crippen molar-refractivity contribution in [3.8, 4) is 0 Å². The van der Waals surface area contributed by atoms with Crippen molar-refractivity contribution >= 4 is 6.21 Å². The number of hydrogen-bond donors (Lipinski definition) is 1. The molecule has 9 heavy (non-hydrogen) atoms. The number of nitrogens with one attached hydrogen (secondary N) is 1. The van der Waals surface area contributed by atoms with E-state index in [1.54, 1.807) is 0 Å². The van der Waals surface area contributed by atoms with E-state index in [0.717, 1.165) is 19.1 Å². The molecule has 0 aliphatic carbocycles. The highest BCUT2D eigenvalue weighted by Crippen LogP contribution is 1.85. The fourth-order valence-electron chi connectivity index (χ4n) is 0.509. The van der Waals surface area contributed by atoms with Gasteiger partial charge < -0.3 is 0 Å². The van der Waals surface area contributed by atoms with Gasteiger partial charge in [-0.1, -0.05) is 13.8 Å². The Balaban J connectivity index is 2.91. The molecule has 0 bridgehead atoms. The Morgan fingerprint density at radius 2 is 2.22 bits per heavy atom. The lowest BCUT2D eigenvalue weighted by Gasteiger charge is -2.02. The molecule has 0 saturated heterocycles. The Morgan fingerprint density at radius 3 is 2.67 bits per heavy atom. The van der Waals surface area contributed by atoms with Crippen molar-refractivity contribution in [2.24, 2.45) is 10.9 Å². The van der Waals surface area contributed by atoms with Crippen LogP contribution < -0.4 is 5.32 Å². The van der Waals surface area contributed by atoms with Crippen LogP contribution in [0.3, 0.4) is 0 Å². The van der Waals surface area contributed by atoms with Crippen LogP contribution in [0.15, 0.2) is 4.99 Å². The minimum Gasteiger partial charge on any atom is -0.298 e. The van der Waals surface area contributed by atoms with Crippen LogP contribution in [0.25, 0.3) is 0 Å². The third-order valence-electron chi connectivity index (χ3n) is 0.938. The zero-order chi connectivity index (χ0) is 7.11. The van der Waals surface area contributed by atoms with Crippen molar-refractivity contribution in [1.82, 2.24) is 5.32 Å². The highest BCUT2D eigenvalue weighted by Gasteiger charge is 1.88. The Hall–Kier alpha value is -0.370. The summed E-state index contributed by atoms with van der Waals surface area (Å²) in [5, 5.41) is 3.19. The van der Waals surface area contributed by atoms with Gasteiger partial charge in [0.25, 0.3) is 0 Å². The topological polar surface area (TPSA) is 24.4 Å². The highest BCUT2D eigenvalue weighted by atomic mass is 15.0. The molecule has 0 rings (SSSR count). The zero-order valence-electron chi connectivity index (χ0n) is 6.52. The molecule has 1 N–H and O–H groups in total. The summed E-state index contributed by atoms with van der Waals surface area (Å²) in [6, 6.07) is 0. The summed E-state index contributed by atoms with van der Waals surface area (Å²) in [5.41, 5.74) is 0. The van der Waals surface area contributed by atoms with Crippen LogP contribution in [0.4, 0.5) is 0 Å². The first-order chi connectivity index (χ1) is 4.27. The summed E-state index contributed by atoms with van der Waals surface area (Å²) in [6.07, 6.45) is 1.81. The minimum absolute atomic E-state index is 0.719. The summed E-state index contributed by atoms with van der Waals surface area (Å²) in [4.78, 5) is 4.01. The van der Waals surface area contributed by atoms with Gasteiger partial charge in [0.05, 0.1) is 6.67 Å². The molecule has 0 saturated carbocycles. The Kier molecular flexibility index (Phi) is 5.52. The molecule has 0 aromatic rings. The predicted molar refractivity (Wildman–Crippen MR) is 41.9 cm³/mol. The van der Waals surface area contributed by atoms with Gasteiger partial charge in [0.15, 0.2) is 0 Å². The van der Waals surface area contributed by atoms with E-state index in [0.29, 0.717) is 0 Å². The van der Waals surface area contributed by atoms with E-state index < -0.39 is 0 Å². The molecule has 0 unspecified atom stereocenters. The third-order valence-corrected chi connectivity index (χ3v) is 0.938. The molecule has 0 aliphatic heterocycles. The first-order valence-corrected chi connectivity index (χ1v) is 3.42. The summed E-state index contributed by atoms with van der Waals surface area (Å²) in [7, 11) is 0. The Morgan fingerprint density at radius 1 is 1.56 bits per heavy atom. The quantitative estimate of drug-likeness (QED) is 0.447. The molecule has 0 heterocycles. The molecular weight excluding hydrogens is 112 g/mol. The molecular formula is C7H16N2. The van der Waals surface area contributed by atoms with Crippen molar-refractivity contribution < 1.29 is 0 Å². The normalized spacial score (nSPS) is 11.6. The lowest BCUT2D eigenvalue weighted by atomic mass is 10.2. The van der Waals surface area contributed by atoms with Crippen LogP contribution in [0.5, 0.6) is 0 Å². The van der Waals surface area contributed by atoms with Gasteiger partial charge in [0.1, 0.15) is 0 Å². The van der Waals surface area contributed by atoms with E-state index in [1.165, 1.54) is 0 Å². The number of rotatable bonds is 4. The van der Waals surface area contributed by atoms with Crippen molar-refractivity contribution in [1.29, 1.82) is 0 Å². The van der Waals surface area contributed by atoms with E-state index in [9.17, 15) is 0 Å². The van der Waals surface area contributed by atoms with Gasteiger partial charge >= 0.3 is 0 Å². The lowest BCUT2D eigenvalue weighted by Crippen LogP contribution is -2.19. The molecule has 0 aromatic carbocycles. The van der Waals surface area contributed by atoms with Crippen LogP contribution >= 0.6 is 0 Å². The van der Waals surface area contributed by atoms with Crippen molar-refractivity contribution in [3.63, 3.8) is 0 Å². The molecule has 2 heteroatoms. The Labute approximate surface area is 57.4 Å². The second kappa shape index (κ2) is 5.76. The van der Waals surface area contributed by atoms with Crippen molar-refractivity contribution in [3.05, 3.63) is 0 Å². The first-order valence-electron chi connectivity index (χ1n) is 3.42. The van der Waals surface area contributed by atoms with Crippen LogP contribution in [0.1, 0.15) is 20.8 Å². The minimum atomic E-state index is 0.719. The lowest BCUT2D eigenvalue weighted by molar-refractivity contribution is 0.562. The predicted octanol–water partition coefficient (Wildman–Crippen LogP) is 1.28. The first kappa shape index (κ1) is 8.63. The maximum Gasteiger partial charge on any atom is 0.0880 e. The summed E-state index contributed by atoms with van der Waals surface area (Å²) < 4.78 is 0. The molecule has 0 atom stereocenters. The van der Waals surface area contributed by atoms with Gasteiger partial charge in [-0.15, -0.1) is 0 Å². The van der Waals surface area contributed by atoms with Crippen LogP contribution in [0, 0.1) is 5.92 Å². The van der Waals surface area contributed by atoms with Gasteiger partial charge in [0, 0.05) is 0 Å². The van der Waals surface area contributed by atoms with Crippen molar-refractivity contribution in [2.45, 2.75) is 20.8 Å². The average Bonchev–Trinajstić information content (AvgIpc) is 1.80. The second-order valence-corrected chi connectivity index (χ2v) is 2.45. The number of aliphatic imine (C=N–C) groups is 1. The van der Waals surface area contributed by atoms with Gasteiger partial charge in [-0.3, -0.25) is 10.3 Å². The standard InChI is InChI=1S/C7H16N2/c1-4-8-6-9-5-7(2)3/h4,7,9H,5-6H2,1-3H3. The van der Waals surface area contributed by atoms with Crippen LogP contribution in [0.2, 0.25) is 0 Å². The molecule has 0 amide bonds. The molecule has 0 spiro atoms. The molecule has 0 radical (unpaired) electrons. The van der Waals surface area contributed by atoms with Gasteiger partial charge in [-0.25, -0.2) is 0 Å². The van der Waals surface area contributed by atoms with Gasteiger partial charge in [0.2, 0.25) is 0 Å². The van der Waals surface area contributed by atoms with Crippen LogP contribution in [-0.2, 0) is 0 Å². The smallest absolute Gasteiger partial charge is 0.0880 e. The van der Waals surface area contributed by atoms with Gasteiger partial charge in [-0.2, -0.15) is 0 Å². The van der Waals surface area contributed by atoms with Crippen molar-refractivity contribution in [2.75, 3.05) is 13.2 Å². The van der Waals surface area contributed by atoms with E-state index in [-0.39, 0.29) is 0 Å². The largest absolute Gasteiger partial charge is 0.298 e. The fraction of sp³-hybridized carbons (Fsp3) is 0.857.